The molecule has 0 bridgehead atoms. The third-order valence-electron chi connectivity index (χ3n) is 2.17. The molecule has 0 atom stereocenters. The summed E-state index contributed by atoms with van der Waals surface area (Å²) in [5.74, 6) is -0.338. The van der Waals surface area contributed by atoms with E-state index in [-0.39, 0.29) is 5.97 Å². The molecule has 1 N–H and O–H groups in total. The van der Waals surface area contributed by atoms with E-state index in [9.17, 15) is 4.79 Å². The lowest BCUT2D eigenvalue weighted by molar-refractivity contribution is -0.137. The smallest absolute Gasteiger partial charge is 0.330 e. The second kappa shape index (κ2) is 4.61. The summed E-state index contributed by atoms with van der Waals surface area (Å²) in [4.78, 5) is 18.3. The molecule has 0 fully saturated rings. The zero-order valence-corrected chi connectivity index (χ0v) is 8.93. The molecule has 0 aliphatic rings. The van der Waals surface area contributed by atoms with Gasteiger partial charge in [0.25, 0.3) is 0 Å². The Balaban J connectivity index is 2.27. The maximum Gasteiger partial charge on any atom is 0.330 e. The number of rotatable bonds is 3. The fourth-order valence-corrected chi connectivity index (χ4v) is 1.47. The summed E-state index contributed by atoms with van der Waals surface area (Å²) in [7, 11) is 0. The van der Waals surface area contributed by atoms with Gasteiger partial charge in [-0.25, -0.2) is 9.78 Å². The lowest BCUT2D eigenvalue weighted by Gasteiger charge is -1.96. The van der Waals surface area contributed by atoms with Crippen LogP contribution in [0, 0.1) is 0 Å². The first kappa shape index (κ1) is 10.4. The van der Waals surface area contributed by atoms with Crippen molar-refractivity contribution in [3.8, 4) is 0 Å². The van der Waals surface area contributed by atoms with Crippen molar-refractivity contribution in [3.05, 3.63) is 36.2 Å². The average molecular weight is 216 g/mol. The molecule has 1 heterocycles. The number of hydrogen-bond donors (Lipinski definition) is 1. The number of benzene rings is 1. The van der Waals surface area contributed by atoms with Crippen molar-refractivity contribution in [2.24, 2.45) is 0 Å². The van der Waals surface area contributed by atoms with Crippen LogP contribution in [0.1, 0.15) is 12.5 Å². The molecule has 0 aliphatic carbocycles. The molecule has 0 radical (unpaired) electrons. The molecular weight excluding hydrogens is 204 g/mol. The van der Waals surface area contributed by atoms with Crippen molar-refractivity contribution in [2.75, 3.05) is 6.61 Å². The number of aromatic amines is 1. The van der Waals surface area contributed by atoms with Crippen LogP contribution in [0.3, 0.4) is 0 Å². The molecule has 2 rings (SSSR count). The van der Waals surface area contributed by atoms with Gasteiger partial charge in [-0.1, -0.05) is 12.1 Å². The number of nitrogens with one attached hydrogen (secondary N) is 1. The molecule has 0 aliphatic heterocycles. The van der Waals surface area contributed by atoms with Gasteiger partial charge in [-0.3, -0.25) is 0 Å². The van der Waals surface area contributed by atoms with E-state index in [1.165, 1.54) is 6.08 Å². The quantitative estimate of drug-likeness (QED) is 0.631. The van der Waals surface area contributed by atoms with E-state index in [1.807, 2.05) is 18.2 Å². The number of imidazole rings is 1. The molecule has 0 unspecified atom stereocenters. The fraction of sp³-hybridized carbons (Fsp3) is 0.167. The van der Waals surface area contributed by atoms with Gasteiger partial charge >= 0.3 is 5.97 Å². The Morgan fingerprint density at radius 1 is 1.56 bits per heavy atom. The Kier molecular flexibility index (Phi) is 3.00. The van der Waals surface area contributed by atoms with Crippen molar-refractivity contribution in [2.45, 2.75) is 6.92 Å². The SMILES string of the molecule is CCOC(=O)C=Cc1cccc2[nH]cnc12. The summed E-state index contributed by atoms with van der Waals surface area (Å²) in [6.07, 6.45) is 4.75. The predicted octanol–water partition coefficient (Wildman–Crippen LogP) is 2.14. The van der Waals surface area contributed by atoms with E-state index < -0.39 is 0 Å². The molecule has 1 aromatic carbocycles. The number of para-hydroxylation sites is 1. The molecular formula is C12H12N2O2. The summed E-state index contributed by atoms with van der Waals surface area (Å²) in [5.41, 5.74) is 2.70. The zero-order valence-electron chi connectivity index (χ0n) is 8.93. The lowest BCUT2D eigenvalue weighted by Crippen LogP contribution is -1.98. The molecule has 4 nitrogen and oxygen atoms in total. The number of aromatic nitrogens is 2. The van der Waals surface area contributed by atoms with Crippen LogP contribution in [0.25, 0.3) is 17.1 Å². The number of ether oxygens (including phenoxy) is 1. The van der Waals surface area contributed by atoms with Crippen molar-refractivity contribution in [1.82, 2.24) is 9.97 Å². The van der Waals surface area contributed by atoms with E-state index in [1.54, 1.807) is 19.3 Å². The summed E-state index contributed by atoms with van der Waals surface area (Å²) >= 11 is 0. The van der Waals surface area contributed by atoms with Crippen LogP contribution in [0.15, 0.2) is 30.6 Å². The third-order valence-corrected chi connectivity index (χ3v) is 2.17. The van der Waals surface area contributed by atoms with Gasteiger partial charge in [0.1, 0.15) is 0 Å². The van der Waals surface area contributed by atoms with Gasteiger partial charge in [0.2, 0.25) is 0 Å². The monoisotopic (exact) mass is 216 g/mol. The number of fused-ring (bicyclic) bond motifs is 1. The molecule has 0 saturated carbocycles. The minimum Gasteiger partial charge on any atom is -0.463 e. The number of carbonyl (C=O) groups is 1. The van der Waals surface area contributed by atoms with Crippen molar-refractivity contribution in [1.29, 1.82) is 0 Å². The van der Waals surface area contributed by atoms with Crippen LogP contribution in [0.2, 0.25) is 0 Å². The summed E-state index contributed by atoms with van der Waals surface area (Å²) in [6.45, 7) is 2.16. The maximum absolute atomic E-state index is 11.2. The van der Waals surface area contributed by atoms with Crippen LogP contribution in [0.5, 0.6) is 0 Å². The third kappa shape index (κ3) is 2.11. The van der Waals surface area contributed by atoms with E-state index in [4.69, 9.17) is 4.74 Å². The number of hydrogen-bond acceptors (Lipinski definition) is 3. The van der Waals surface area contributed by atoms with Crippen LogP contribution >= 0.6 is 0 Å². The van der Waals surface area contributed by atoms with Crippen LogP contribution in [-0.2, 0) is 9.53 Å². The highest BCUT2D eigenvalue weighted by Gasteiger charge is 2.00. The van der Waals surface area contributed by atoms with Gasteiger partial charge in [-0.2, -0.15) is 0 Å². The van der Waals surface area contributed by atoms with Crippen LogP contribution in [0.4, 0.5) is 0 Å². The van der Waals surface area contributed by atoms with E-state index in [0.29, 0.717) is 6.61 Å². The molecule has 82 valence electrons. The second-order valence-corrected chi connectivity index (χ2v) is 3.23. The average Bonchev–Trinajstić information content (AvgIpc) is 2.75. The summed E-state index contributed by atoms with van der Waals surface area (Å²) in [5, 5.41) is 0. The lowest BCUT2D eigenvalue weighted by atomic mass is 10.1. The van der Waals surface area contributed by atoms with Gasteiger partial charge in [0.15, 0.2) is 0 Å². The molecule has 0 saturated heterocycles. The van der Waals surface area contributed by atoms with E-state index in [2.05, 4.69) is 9.97 Å². The predicted molar refractivity (Wildman–Crippen MR) is 61.8 cm³/mol. The van der Waals surface area contributed by atoms with Crippen molar-refractivity contribution >= 4 is 23.1 Å². The number of nitrogens with zero attached hydrogens (tertiary/aromatic N) is 1. The first-order chi connectivity index (χ1) is 7.81. The van der Waals surface area contributed by atoms with Crippen molar-refractivity contribution < 1.29 is 9.53 Å². The number of carbonyl (C=O) groups excluding carboxylic acids is 1. The Bertz CT molecular complexity index is 529. The highest BCUT2D eigenvalue weighted by atomic mass is 16.5. The Morgan fingerprint density at radius 3 is 3.25 bits per heavy atom. The van der Waals surface area contributed by atoms with Gasteiger partial charge < -0.3 is 9.72 Å². The number of esters is 1. The minimum atomic E-state index is -0.338. The first-order valence-corrected chi connectivity index (χ1v) is 5.08. The molecule has 16 heavy (non-hydrogen) atoms. The molecule has 1 aromatic heterocycles. The van der Waals surface area contributed by atoms with Gasteiger partial charge in [-0.05, 0) is 19.1 Å². The maximum atomic E-state index is 11.2. The highest BCUT2D eigenvalue weighted by Crippen LogP contribution is 2.15. The molecule has 2 aromatic rings. The number of H-pyrrole nitrogens is 1. The van der Waals surface area contributed by atoms with Crippen LogP contribution in [-0.4, -0.2) is 22.5 Å². The summed E-state index contributed by atoms with van der Waals surface area (Å²) in [6, 6.07) is 5.74. The standard InChI is InChI=1S/C12H12N2O2/c1-2-16-11(15)7-6-9-4-3-5-10-12(9)14-8-13-10/h3-8H,2H2,1H3,(H,13,14). The Hall–Kier alpha value is -2.10. The van der Waals surface area contributed by atoms with E-state index >= 15 is 0 Å². The van der Waals surface area contributed by atoms with Gasteiger partial charge in [-0.15, -0.1) is 0 Å². The topological polar surface area (TPSA) is 55.0 Å². The highest BCUT2D eigenvalue weighted by molar-refractivity contribution is 5.91. The Labute approximate surface area is 93.0 Å². The molecule has 4 heteroatoms. The summed E-state index contributed by atoms with van der Waals surface area (Å²) < 4.78 is 4.80. The zero-order chi connectivity index (χ0) is 11.4. The van der Waals surface area contributed by atoms with E-state index in [0.717, 1.165) is 16.6 Å². The fourth-order valence-electron chi connectivity index (χ4n) is 1.47. The van der Waals surface area contributed by atoms with Crippen LogP contribution < -0.4 is 0 Å². The van der Waals surface area contributed by atoms with Gasteiger partial charge in [0.05, 0.1) is 24.0 Å². The normalized spacial score (nSPS) is 11.1. The largest absolute Gasteiger partial charge is 0.463 e. The van der Waals surface area contributed by atoms with Crippen molar-refractivity contribution in [3.63, 3.8) is 0 Å². The second-order valence-electron chi connectivity index (χ2n) is 3.23. The molecule has 0 spiro atoms. The minimum absolute atomic E-state index is 0.338. The first-order valence-electron chi connectivity index (χ1n) is 5.08. The molecule has 0 amide bonds. The Morgan fingerprint density at radius 2 is 2.44 bits per heavy atom. The van der Waals surface area contributed by atoms with Gasteiger partial charge in [0, 0.05) is 11.6 Å².